The van der Waals surface area contributed by atoms with Crippen molar-refractivity contribution in [3.8, 4) is 5.75 Å². The third kappa shape index (κ3) is 1.60. The zero-order valence-electron chi connectivity index (χ0n) is 8.33. The second kappa shape index (κ2) is 3.58. The average Bonchev–Trinajstić information content (AvgIpc) is 2.16. The van der Waals surface area contributed by atoms with Crippen molar-refractivity contribution in [2.45, 2.75) is 26.4 Å². The lowest BCUT2D eigenvalue weighted by Crippen LogP contribution is -2.34. The topological polar surface area (TPSA) is 21.3 Å². The molecule has 1 aliphatic heterocycles. The Labute approximate surface area is 89.3 Å². The Hall–Kier alpha value is -1.09. The van der Waals surface area contributed by atoms with Crippen molar-refractivity contribution >= 4 is 22.9 Å². The summed E-state index contributed by atoms with van der Waals surface area (Å²) in [5.74, 6) is 0.899. The van der Waals surface area contributed by atoms with Gasteiger partial charge in [0.2, 0.25) is 0 Å². The van der Waals surface area contributed by atoms with E-state index >= 15 is 0 Å². The lowest BCUT2D eigenvalue weighted by atomic mass is 10.1. The average molecular weight is 207 g/mol. The van der Waals surface area contributed by atoms with Crippen molar-refractivity contribution < 1.29 is 4.74 Å². The van der Waals surface area contributed by atoms with Gasteiger partial charge in [-0.25, -0.2) is 0 Å². The fourth-order valence-corrected chi connectivity index (χ4v) is 1.86. The molecule has 1 N–H and O–H groups in total. The molecule has 1 atom stereocenters. The molecule has 0 aromatic heterocycles. The SMILES string of the molecule is CCC1Oc2ccc(C)cc2NC1=S. The summed E-state index contributed by atoms with van der Waals surface area (Å²) in [5.41, 5.74) is 2.19. The molecule has 1 aromatic rings. The molecular formula is C11H13NOS. The molecule has 1 aromatic carbocycles. The first-order chi connectivity index (χ1) is 6.70. The number of ether oxygens (including phenoxy) is 1. The molecular weight excluding hydrogens is 194 g/mol. The van der Waals surface area contributed by atoms with E-state index in [2.05, 4.69) is 19.2 Å². The molecule has 74 valence electrons. The van der Waals surface area contributed by atoms with Crippen molar-refractivity contribution in [3.63, 3.8) is 0 Å². The summed E-state index contributed by atoms with van der Waals surface area (Å²) in [5, 5.41) is 3.21. The summed E-state index contributed by atoms with van der Waals surface area (Å²) in [4.78, 5) is 0.783. The molecule has 0 radical (unpaired) electrons. The lowest BCUT2D eigenvalue weighted by Gasteiger charge is -2.27. The first kappa shape index (κ1) is 9.46. The summed E-state index contributed by atoms with van der Waals surface area (Å²) in [6.07, 6.45) is 0.930. The number of hydrogen-bond acceptors (Lipinski definition) is 2. The van der Waals surface area contributed by atoms with Gasteiger partial charge in [-0.3, -0.25) is 0 Å². The molecule has 0 amide bonds. The van der Waals surface area contributed by atoms with Crippen LogP contribution < -0.4 is 10.1 Å². The van der Waals surface area contributed by atoms with Gasteiger partial charge in [-0.2, -0.15) is 0 Å². The van der Waals surface area contributed by atoms with Crippen LogP contribution in [0.15, 0.2) is 18.2 Å². The number of aryl methyl sites for hydroxylation is 1. The summed E-state index contributed by atoms with van der Waals surface area (Å²) < 4.78 is 5.74. The molecule has 2 rings (SSSR count). The fourth-order valence-electron chi connectivity index (χ4n) is 1.53. The number of thiocarbonyl (C=S) groups is 1. The summed E-state index contributed by atoms with van der Waals surface area (Å²) in [6, 6.07) is 6.08. The van der Waals surface area contributed by atoms with Crippen molar-refractivity contribution in [2.75, 3.05) is 5.32 Å². The van der Waals surface area contributed by atoms with Gasteiger partial charge >= 0.3 is 0 Å². The highest BCUT2D eigenvalue weighted by molar-refractivity contribution is 7.80. The second-order valence-corrected chi connectivity index (χ2v) is 3.94. The van der Waals surface area contributed by atoms with Crippen LogP contribution in [0.2, 0.25) is 0 Å². The van der Waals surface area contributed by atoms with Crippen LogP contribution in [0, 0.1) is 6.92 Å². The van der Waals surface area contributed by atoms with Gasteiger partial charge in [0, 0.05) is 0 Å². The van der Waals surface area contributed by atoms with Crippen LogP contribution in [0.3, 0.4) is 0 Å². The molecule has 0 aliphatic carbocycles. The molecule has 14 heavy (non-hydrogen) atoms. The summed E-state index contributed by atoms with van der Waals surface area (Å²) in [7, 11) is 0. The van der Waals surface area contributed by atoms with E-state index in [1.165, 1.54) is 5.56 Å². The first-order valence-corrected chi connectivity index (χ1v) is 5.19. The van der Waals surface area contributed by atoms with E-state index in [0.717, 1.165) is 22.8 Å². The highest BCUT2D eigenvalue weighted by atomic mass is 32.1. The standard InChI is InChI=1S/C11H13NOS/c1-3-9-11(14)12-8-6-7(2)4-5-10(8)13-9/h4-6,9H,3H2,1-2H3,(H,12,14). The fraction of sp³-hybridized carbons (Fsp3) is 0.364. The normalized spacial score (nSPS) is 19.6. The predicted octanol–water partition coefficient (Wildman–Crippen LogP) is 2.91. The Morgan fingerprint density at radius 1 is 1.50 bits per heavy atom. The van der Waals surface area contributed by atoms with Crippen molar-refractivity contribution in [2.24, 2.45) is 0 Å². The van der Waals surface area contributed by atoms with E-state index in [-0.39, 0.29) is 6.10 Å². The minimum Gasteiger partial charge on any atom is -0.481 e. The van der Waals surface area contributed by atoms with Crippen molar-refractivity contribution in [3.05, 3.63) is 23.8 Å². The van der Waals surface area contributed by atoms with Crippen LogP contribution in [0.1, 0.15) is 18.9 Å². The predicted molar refractivity (Wildman–Crippen MR) is 62.1 cm³/mol. The Morgan fingerprint density at radius 2 is 2.29 bits per heavy atom. The Bertz CT molecular complexity index is 376. The van der Waals surface area contributed by atoms with Crippen molar-refractivity contribution in [1.29, 1.82) is 0 Å². The quantitative estimate of drug-likeness (QED) is 0.715. The molecule has 0 saturated carbocycles. The Balaban J connectivity index is 2.35. The van der Waals surface area contributed by atoms with Crippen LogP contribution in [-0.2, 0) is 0 Å². The number of nitrogens with one attached hydrogen (secondary N) is 1. The molecule has 3 heteroatoms. The number of benzene rings is 1. The molecule has 1 heterocycles. The molecule has 2 nitrogen and oxygen atoms in total. The zero-order valence-corrected chi connectivity index (χ0v) is 9.15. The smallest absolute Gasteiger partial charge is 0.149 e. The number of anilines is 1. The van der Waals surface area contributed by atoms with E-state index in [9.17, 15) is 0 Å². The third-order valence-corrected chi connectivity index (χ3v) is 2.69. The molecule has 0 saturated heterocycles. The van der Waals surface area contributed by atoms with E-state index < -0.39 is 0 Å². The summed E-state index contributed by atoms with van der Waals surface area (Å²) >= 11 is 5.21. The van der Waals surface area contributed by atoms with Crippen molar-refractivity contribution in [1.82, 2.24) is 0 Å². The third-order valence-electron chi connectivity index (χ3n) is 2.33. The Kier molecular flexibility index (Phi) is 2.42. The van der Waals surface area contributed by atoms with E-state index in [0.29, 0.717) is 0 Å². The minimum absolute atomic E-state index is 0.0280. The van der Waals surface area contributed by atoms with E-state index in [1.54, 1.807) is 0 Å². The molecule has 0 spiro atoms. The van der Waals surface area contributed by atoms with Gasteiger partial charge in [0.1, 0.15) is 16.8 Å². The van der Waals surface area contributed by atoms with E-state index in [4.69, 9.17) is 17.0 Å². The van der Waals surface area contributed by atoms with Crippen LogP contribution in [0.5, 0.6) is 5.75 Å². The maximum absolute atomic E-state index is 5.74. The highest BCUT2D eigenvalue weighted by Crippen LogP contribution is 2.31. The molecule has 1 aliphatic rings. The van der Waals surface area contributed by atoms with Crippen LogP contribution in [0.25, 0.3) is 0 Å². The Morgan fingerprint density at radius 3 is 3.00 bits per heavy atom. The van der Waals surface area contributed by atoms with Crippen LogP contribution >= 0.6 is 12.2 Å². The molecule has 0 bridgehead atoms. The molecule has 0 fully saturated rings. The van der Waals surface area contributed by atoms with Gasteiger partial charge in [-0.1, -0.05) is 25.2 Å². The van der Waals surface area contributed by atoms with Gasteiger partial charge in [-0.05, 0) is 31.0 Å². The monoisotopic (exact) mass is 207 g/mol. The maximum atomic E-state index is 5.74. The van der Waals surface area contributed by atoms with Gasteiger partial charge < -0.3 is 10.1 Å². The number of fused-ring (bicyclic) bond motifs is 1. The summed E-state index contributed by atoms with van der Waals surface area (Å²) in [6.45, 7) is 4.12. The van der Waals surface area contributed by atoms with Gasteiger partial charge in [-0.15, -0.1) is 0 Å². The zero-order chi connectivity index (χ0) is 10.1. The van der Waals surface area contributed by atoms with Gasteiger partial charge in [0.25, 0.3) is 0 Å². The molecule has 1 unspecified atom stereocenters. The lowest BCUT2D eigenvalue weighted by molar-refractivity contribution is 0.261. The highest BCUT2D eigenvalue weighted by Gasteiger charge is 2.22. The van der Waals surface area contributed by atoms with Gasteiger partial charge in [0.15, 0.2) is 0 Å². The number of hydrogen-bond donors (Lipinski definition) is 1. The van der Waals surface area contributed by atoms with Gasteiger partial charge in [0.05, 0.1) is 5.69 Å². The number of rotatable bonds is 1. The first-order valence-electron chi connectivity index (χ1n) is 4.79. The second-order valence-electron chi connectivity index (χ2n) is 3.50. The van der Waals surface area contributed by atoms with Crippen LogP contribution in [-0.4, -0.2) is 11.1 Å². The van der Waals surface area contributed by atoms with E-state index in [1.807, 2.05) is 18.2 Å². The van der Waals surface area contributed by atoms with Crippen LogP contribution in [0.4, 0.5) is 5.69 Å². The minimum atomic E-state index is 0.0280. The maximum Gasteiger partial charge on any atom is 0.149 e. The largest absolute Gasteiger partial charge is 0.481 e.